The maximum absolute atomic E-state index is 11.0. The van der Waals surface area contributed by atoms with Crippen LogP contribution >= 0.6 is 0 Å². The van der Waals surface area contributed by atoms with Crippen LogP contribution in [0.2, 0.25) is 0 Å². The number of aliphatic hydroxyl groups is 1. The zero-order chi connectivity index (χ0) is 15.2. The van der Waals surface area contributed by atoms with Gasteiger partial charge in [0.15, 0.2) is 0 Å². The fourth-order valence-electron chi connectivity index (χ4n) is 1.98. The number of carbonyl (C=O) groups excluding carboxylic acids is 1. The van der Waals surface area contributed by atoms with Gasteiger partial charge in [-0.3, -0.25) is 4.79 Å². The van der Waals surface area contributed by atoms with Gasteiger partial charge in [-0.05, 0) is 36.8 Å². The lowest BCUT2D eigenvalue weighted by Crippen LogP contribution is -2.12. The Bertz CT molecular complexity index is 590. The number of nitrogens with one attached hydrogen (secondary N) is 1. The van der Waals surface area contributed by atoms with E-state index in [0.29, 0.717) is 11.4 Å². The van der Waals surface area contributed by atoms with E-state index in [2.05, 4.69) is 5.32 Å². The van der Waals surface area contributed by atoms with Gasteiger partial charge in [0.05, 0.1) is 6.61 Å². The zero-order valence-electron chi connectivity index (χ0n) is 12.2. The minimum Gasteiger partial charge on any atom is -0.483 e. The third kappa shape index (κ3) is 4.33. The summed E-state index contributed by atoms with van der Waals surface area (Å²) in [5.41, 5.74) is 2.80. The topological polar surface area (TPSA) is 58.6 Å². The minimum absolute atomic E-state index is 0.101. The van der Waals surface area contributed by atoms with Crippen molar-refractivity contribution in [2.75, 3.05) is 11.9 Å². The van der Waals surface area contributed by atoms with Crippen LogP contribution in [-0.2, 0) is 4.79 Å². The highest BCUT2D eigenvalue weighted by Crippen LogP contribution is 2.23. The van der Waals surface area contributed by atoms with Gasteiger partial charge < -0.3 is 15.2 Å². The Balaban J connectivity index is 2.07. The minimum atomic E-state index is -0.405. The van der Waals surface area contributed by atoms with Crippen LogP contribution in [0.4, 0.5) is 5.69 Å². The molecule has 0 aromatic heterocycles. The molecule has 0 saturated heterocycles. The summed E-state index contributed by atoms with van der Waals surface area (Å²) in [5, 5.41) is 12.2. The third-order valence-corrected chi connectivity index (χ3v) is 3.07. The number of aliphatic hydroxyl groups excluding tert-OH is 1. The molecule has 0 aliphatic carbocycles. The van der Waals surface area contributed by atoms with Crippen molar-refractivity contribution in [2.45, 2.75) is 20.0 Å². The smallest absolute Gasteiger partial charge is 0.221 e. The second-order valence-electron chi connectivity index (χ2n) is 4.91. The SMILES string of the molecule is CC(=O)Nc1ccc(OC(CO)c2ccc(C)cc2)cc1. The second-order valence-corrected chi connectivity index (χ2v) is 4.91. The van der Waals surface area contributed by atoms with Gasteiger partial charge in [0, 0.05) is 12.6 Å². The summed E-state index contributed by atoms with van der Waals surface area (Å²) in [6, 6.07) is 14.9. The first-order chi connectivity index (χ1) is 10.1. The average Bonchev–Trinajstić information content (AvgIpc) is 2.47. The van der Waals surface area contributed by atoms with E-state index in [9.17, 15) is 9.90 Å². The van der Waals surface area contributed by atoms with Crippen LogP contribution in [0.5, 0.6) is 5.75 Å². The largest absolute Gasteiger partial charge is 0.483 e. The molecule has 1 atom stereocenters. The second kappa shape index (κ2) is 6.90. The van der Waals surface area contributed by atoms with E-state index < -0.39 is 6.10 Å². The van der Waals surface area contributed by atoms with Gasteiger partial charge in [0.1, 0.15) is 11.9 Å². The Morgan fingerprint density at radius 3 is 2.29 bits per heavy atom. The molecule has 4 heteroatoms. The molecule has 0 aliphatic rings. The van der Waals surface area contributed by atoms with Crippen LogP contribution in [0.15, 0.2) is 48.5 Å². The number of rotatable bonds is 5. The molecule has 0 heterocycles. The van der Waals surface area contributed by atoms with Gasteiger partial charge in [-0.25, -0.2) is 0 Å². The number of carbonyl (C=O) groups is 1. The van der Waals surface area contributed by atoms with Crippen molar-refractivity contribution in [3.63, 3.8) is 0 Å². The van der Waals surface area contributed by atoms with E-state index in [0.717, 1.165) is 11.1 Å². The highest BCUT2D eigenvalue weighted by Gasteiger charge is 2.12. The average molecular weight is 285 g/mol. The molecule has 2 rings (SSSR count). The van der Waals surface area contributed by atoms with Crippen molar-refractivity contribution < 1.29 is 14.6 Å². The molecule has 21 heavy (non-hydrogen) atoms. The molecular formula is C17H19NO3. The molecule has 2 aromatic rings. The van der Waals surface area contributed by atoms with Crippen LogP contribution in [0.25, 0.3) is 0 Å². The third-order valence-electron chi connectivity index (χ3n) is 3.07. The van der Waals surface area contributed by atoms with Crippen molar-refractivity contribution in [2.24, 2.45) is 0 Å². The number of aryl methyl sites for hydroxylation is 1. The van der Waals surface area contributed by atoms with E-state index >= 15 is 0 Å². The van der Waals surface area contributed by atoms with Crippen LogP contribution in [0.3, 0.4) is 0 Å². The maximum Gasteiger partial charge on any atom is 0.221 e. The zero-order valence-corrected chi connectivity index (χ0v) is 12.2. The maximum atomic E-state index is 11.0. The van der Waals surface area contributed by atoms with Crippen molar-refractivity contribution in [3.8, 4) is 5.75 Å². The first-order valence-corrected chi connectivity index (χ1v) is 6.80. The Morgan fingerprint density at radius 1 is 1.14 bits per heavy atom. The molecule has 4 nitrogen and oxygen atoms in total. The summed E-state index contributed by atoms with van der Waals surface area (Å²) in [6.07, 6.45) is -0.405. The van der Waals surface area contributed by atoms with Gasteiger partial charge in [0.2, 0.25) is 5.91 Å². The van der Waals surface area contributed by atoms with Crippen LogP contribution in [-0.4, -0.2) is 17.6 Å². The fraction of sp³-hybridized carbons (Fsp3) is 0.235. The Labute approximate surface area is 124 Å². The summed E-state index contributed by atoms with van der Waals surface area (Å²) in [7, 11) is 0. The molecule has 2 N–H and O–H groups in total. The molecule has 0 fully saturated rings. The fourth-order valence-corrected chi connectivity index (χ4v) is 1.98. The van der Waals surface area contributed by atoms with Gasteiger partial charge >= 0.3 is 0 Å². The lowest BCUT2D eigenvalue weighted by molar-refractivity contribution is -0.114. The summed E-state index contributed by atoms with van der Waals surface area (Å²) in [5.74, 6) is 0.528. The molecule has 0 radical (unpaired) electrons. The number of hydrogen-bond acceptors (Lipinski definition) is 3. The summed E-state index contributed by atoms with van der Waals surface area (Å²) in [6.45, 7) is 3.37. The summed E-state index contributed by atoms with van der Waals surface area (Å²) in [4.78, 5) is 11.0. The summed E-state index contributed by atoms with van der Waals surface area (Å²) >= 11 is 0. The standard InChI is InChI=1S/C17H19NO3/c1-12-3-5-14(6-4-12)17(11-19)21-16-9-7-15(8-10-16)18-13(2)20/h3-10,17,19H,11H2,1-2H3,(H,18,20). The van der Waals surface area contributed by atoms with Gasteiger partial charge in [-0.1, -0.05) is 29.8 Å². The Morgan fingerprint density at radius 2 is 1.76 bits per heavy atom. The molecule has 2 aromatic carbocycles. The monoisotopic (exact) mass is 285 g/mol. The van der Waals surface area contributed by atoms with Crippen molar-refractivity contribution in [3.05, 3.63) is 59.7 Å². The van der Waals surface area contributed by atoms with Crippen LogP contribution < -0.4 is 10.1 Å². The van der Waals surface area contributed by atoms with E-state index in [1.165, 1.54) is 6.92 Å². The first-order valence-electron chi connectivity index (χ1n) is 6.80. The molecular weight excluding hydrogens is 266 g/mol. The van der Waals surface area contributed by atoms with Crippen molar-refractivity contribution in [1.29, 1.82) is 0 Å². The molecule has 110 valence electrons. The number of ether oxygens (including phenoxy) is 1. The Kier molecular flexibility index (Phi) is 4.95. The van der Waals surface area contributed by atoms with E-state index in [4.69, 9.17) is 4.74 Å². The molecule has 1 amide bonds. The quantitative estimate of drug-likeness (QED) is 0.887. The van der Waals surface area contributed by atoms with E-state index in [1.54, 1.807) is 24.3 Å². The van der Waals surface area contributed by atoms with Crippen molar-refractivity contribution in [1.82, 2.24) is 0 Å². The summed E-state index contributed by atoms with van der Waals surface area (Å²) < 4.78 is 5.79. The van der Waals surface area contributed by atoms with E-state index in [1.807, 2.05) is 31.2 Å². The number of benzene rings is 2. The lowest BCUT2D eigenvalue weighted by atomic mass is 10.1. The van der Waals surface area contributed by atoms with Gasteiger partial charge in [-0.15, -0.1) is 0 Å². The number of amides is 1. The molecule has 0 saturated carbocycles. The predicted octanol–water partition coefficient (Wildman–Crippen LogP) is 3.07. The van der Waals surface area contributed by atoms with Crippen LogP contribution in [0, 0.1) is 6.92 Å². The van der Waals surface area contributed by atoms with Gasteiger partial charge in [0.25, 0.3) is 0 Å². The lowest BCUT2D eigenvalue weighted by Gasteiger charge is -2.17. The molecule has 0 spiro atoms. The molecule has 1 unspecified atom stereocenters. The first kappa shape index (κ1) is 15.1. The Hall–Kier alpha value is -2.33. The highest BCUT2D eigenvalue weighted by molar-refractivity contribution is 5.88. The normalized spacial score (nSPS) is 11.8. The predicted molar refractivity (Wildman–Crippen MR) is 82.4 cm³/mol. The van der Waals surface area contributed by atoms with Crippen LogP contribution in [0.1, 0.15) is 24.2 Å². The number of anilines is 1. The molecule has 0 aliphatic heterocycles. The van der Waals surface area contributed by atoms with Crippen molar-refractivity contribution >= 4 is 11.6 Å². The van der Waals surface area contributed by atoms with E-state index in [-0.39, 0.29) is 12.5 Å². The molecule has 0 bridgehead atoms. The van der Waals surface area contributed by atoms with Gasteiger partial charge in [-0.2, -0.15) is 0 Å². The number of hydrogen-bond donors (Lipinski definition) is 2. The highest BCUT2D eigenvalue weighted by atomic mass is 16.5.